The molecule has 0 radical (unpaired) electrons. The maximum Gasteiger partial charge on any atom is 0.322 e. The van der Waals surface area contributed by atoms with Crippen molar-refractivity contribution in [3.63, 3.8) is 0 Å². The lowest BCUT2D eigenvalue weighted by Gasteiger charge is -2.23. The molecule has 0 heterocycles. The summed E-state index contributed by atoms with van der Waals surface area (Å²) in [6.07, 6.45) is 0. The molecule has 0 rings (SSSR count). The first-order valence-corrected chi connectivity index (χ1v) is 4.74. The van der Waals surface area contributed by atoms with Crippen LogP contribution in [0.4, 0.5) is 0 Å². The van der Waals surface area contributed by atoms with Crippen molar-refractivity contribution in [3.05, 3.63) is 0 Å². The average Bonchev–Trinajstić information content (AvgIpc) is 2.23. The summed E-state index contributed by atoms with van der Waals surface area (Å²) < 4.78 is 9.19. The summed E-state index contributed by atoms with van der Waals surface area (Å²) in [6, 6.07) is -0.432. The summed E-state index contributed by atoms with van der Waals surface area (Å²) in [5.74, 6) is -0.664. The van der Waals surface area contributed by atoms with Crippen molar-refractivity contribution in [3.8, 4) is 0 Å². The summed E-state index contributed by atoms with van der Waals surface area (Å²) in [4.78, 5) is 22.4. The van der Waals surface area contributed by atoms with Crippen LogP contribution in [-0.4, -0.2) is 38.7 Å². The minimum atomic E-state index is -0.656. The van der Waals surface area contributed by atoms with Gasteiger partial charge in [0.1, 0.15) is 6.04 Å². The molecule has 0 bridgehead atoms. The van der Waals surface area contributed by atoms with Crippen LogP contribution >= 0.6 is 0 Å². The fourth-order valence-corrected chi connectivity index (χ4v) is 1.02. The third-order valence-electron chi connectivity index (χ3n) is 2.14. The van der Waals surface area contributed by atoms with E-state index in [-0.39, 0.29) is 11.9 Å². The molecule has 0 fully saturated rings. The third-order valence-corrected chi connectivity index (χ3v) is 2.14. The third kappa shape index (κ3) is 4.29. The highest BCUT2D eigenvalue weighted by atomic mass is 16.5. The van der Waals surface area contributed by atoms with Crippen molar-refractivity contribution in [1.82, 2.24) is 5.32 Å². The van der Waals surface area contributed by atoms with Gasteiger partial charge in [-0.3, -0.25) is 9.59 Å². The SMILES string of the molecule is COC(=O)C(C)NCC(C)(C)C(=O)OC. The molecule has 1 N–H and O–H groups in total. The number of methoxy groups -OCH3 is 2. The molecule has 1 atom stereocenters. The maximum absolute atomic E-state index is 11.3. The predicted octanol–water partition coefficient (Wildman–Crippen LogP) is 0.337. The van der Waals surface area contributed by atoms with Gasteiger partial charge in [-0.15, -0.1) is 0 Å². The van der Waals surface area contributed by atoms with E-state index in [1.807, 2.05) is 0 Å². The molecular weight excluding hydrogens is 198 g/mol. The highest BCUT2D eigenvalue weighted by Crippen LogP contribution is 2.15. The van der Waals surface area contributed by atoms with Gasteiger partial charge in [0, 0.05) is 6.54 Å². The van der Waals surface area contributed by atoms with Gasteiger partial charge in [0.2, 0.25) is 0 Å². The molecule has 0 aromatic carbocycles. The second kappa shape index (κ2) is 5.70. The summed E-state index contributed by atoms with van der Waals surface area (Å²) in [5, 5.41) is 2.91. The molecule has 15 heavy (non-hydrogen) atoms. The van der Waals surface area contributed by atoms with E-state index in [0.717, 1.165) is 0 Å². The van der Waals surface area contributed by atoms with Gasteiger partial charge in [0.05, 0.1) is 19.6 Å². The molecular formula is C10H19NO4. The summed E-state index contributed by atoms with van der Waals surface area (Å²) in [6.45, 7) is 5.53. The summed E-state index contributed by atoms with van der Waals surface area (Å²) in [7, 11) is 2.67. The standard InChI is InChI=1S/C10H19NO4/c1-7(8(12)14-4)11-6-10(2,3)9(13)15-5/h7,11H,6H2,1-5H3. The van der Waals surface area contributed by atoms with E-state index in [4.69, 9.17) is 0 Å². The second-order valence-electron chi connectivity index (χ2n) is 4.00. The van der Waals surface area contributed by atoms with Crippen LogP contribution in [0.5, 0.6) is 0 Å². The van der Waals surface area contributed by atoms with E-state index in [0.29, 0.717) is 6.54 Å². The zero-order valence-electron chi connectivity index (χ0n) is 9.92. The van der Waals surface area contributed by atoms with E-state index in [9.17, 15) is 9.59 Å². The molecule has 5 heteroatoms. The van der Waals surface area contributed by atoms with Gasteiger partial charge in [-0.2, -0.15) is 0 Å². The van der Waals surface area contributed by atoms with Gasteiger partial charge < -0.3 is 14.8 Å². The first kappa shape index (κ1) is 13.9. The Morgan fingerprint density at radius 3 is 2.20 bits per heavy atom. The van der Waals surface area contributed by atoms with Crippen LogP contribution in [-0.2, 0) is 19.1 Å². The van der Waals surface area contributed by atoms with Crippen molar-refractivity contribution in [2.45, 2.75) is 26.8 Å². The van der Waals surface area contributed by atoms with Gasteiger partial charge in [-0.1, -0.05) is 0 Å². The molecule has 0 spiro atoms. The van der Waals surface area contributed by atoms with E-state index in [1.165, 1.54) is 14.2 Å². The Bertz CT molecular complexity index is 238. The predicted molar refractivity (Wildman–Crippen MR) is 55.3 cm³/mol. The Morgan fingerprint density at radius 2 is 1.80 bits per heavy atom. The quantitative estimate of drug-likeness (QED) is 0.673. The Labute approximate surface area is 90.1 Å². The first-order valence-electron chi connectivity index (χ1n) is 4.74. The van der Waals surface area contributed by atoms with Crippen LogP contribution in [0, 0.1) is 5.41 Å². The first-order chi connectivity index (χ1) is 6.85. The maximum atomic E-state index is 11.3. The van der Waals surface area contributed by atoms with Crippen molar-refractivity contribution >= 4 is 11.9 Å². The molecule has 0 saturated heterocycles. The molecule has 5 nitrogen and oxygen atoms in total. The molecule has 0 aromatic heterocycles. The average molecular weight is 217 g/mol. The van der Waals surface area contributed by atoms with Crippen molar-refractivity contribution in [2.24, 2.45) is 5.41 Å². The smallest absolute Gasteiger partial charge is 0.322 e. The zero-order chi connectivity index (χ0) is 12.1. The Morgan fingerprint density at radius 1 is 1.27 bits per heavy atom. The number of ether oxygens (including phenoxy) is 2. The molecule has 0 amide bonds. The fraction of sp³-hybridized carbons (Fsp3) is 0.800. The van der Waals surface area contributed by atoms with Gasteiger partial charge in [0.15, 0.2) is 0 Å². The normalized spacial score (nSPS) is 13.1. The van der Waals surface area contributed by atoms with Gasteiger partial charge in [-0.05, 0) is 20.8 Å². The monoisotopic (exact) mass is 217 g/mol. The molecule has 0 aliphatic heterocycles. The highest BCUT2D eigenvalue weighted by Gasteiger charge is 2.29. The van der Waals surface area contributed by atoms with Gasteiger partial charge in [0.25, 0.3) is 0 Å². The minimum absolute atomic E-state index is 0.313. The number of hydrogen-bond donors (Lipinski definition) is 1. The van der Waals surface area contributed by atoms with Gasteiger partial charge in [-0.25, -0.2) is 0 Å². The second-order valence-corrected chi connectivity index (χ2v) is 4.00. The largest absolute Gasteiger partial charge is 0.469 e. The van der Waals surface area contributed by atoms with Crippen LogP contribution in [0.3, 0.4) is 0 Å². The summed E-state index contributed by atoms with van der Waals surface area (Å²) >= 11 is 0. The van der Waals surface area contributed by atoms with Crippen LogP contribution in [0.15, 0.2) is 0 Å². The van der Waals surface area contributed by atoms with Crippen LogP contribution in [0.1, 0.15) is 20.8 Å². The van der Waals surface area contributed by atoms with Gasteiger partial charge >= 0.3 is 11.9 Å². The fourth-order valence-electron chi connectivity index (χ4n) is 1.02. The van der Waals surface area contributed by atoms with Crippen molar-refractivity contribution < 1.29 is 19.1 Å². The Hall–Kier alpha value is -1.10. The number of rotatable bonds is 5. The lowest BCUT2D eigenvalue weighted by molar-refractivity contribution is -0.151. The Balaban J connectivity index is 4.14. The van der Waals surface area contributed by atoms with Crippen LogP contribution in [0.2, 0.25) is 0 Å². The van der Waals surface area contributed by atoms with E-state index in [1.54, 1.807) is 20.8 Å². The number of hydrogen-bond acceptors (Lipinski definition) is 5. The van der Waals surface area contributed by atoms with Crippen molar-refractivity contribution in [2.75, 3.05) is 20.8 Å². The van der Waals surface area contributed by atoms with E-state index in [2.05, 4.69) is 14.8 Å². The van der Waals surface area contributed by atoms with Crippen LogP contribution < -0.4 is 5.32 Å². The molecule has 0 aliphatic carbocycles. The number of carbonyl (C=O) groups excluding carboxylic acids is 2. The molecule has 0 aliphatic rings. The topological polar surface area (TPSA) is 64.6 Å². The summed E-state index contributed by atoms with van der Waals surface area (Å²) in [5.41, 5.74) is -0.656. The number of carbonyl (C=O) groups is 2. The molecule has 1 unspecified atom stereocenters. The molecule has 88 valence electrons. The van der Waals surface area contributed by atoms with Crippen molar-refractivity contribution in [1.29, 1.82) is 0 Å². The Kier molecular flexibility index (Phi) is 5.28. The zero-order valence-corrected chi connectivity index (χ0v) is 9.92. The molecule has 0 saturated carbocycles. The lowest BCUT2D eigenvalue weighted by atomic mass is 9.93. The van der Waals surface area contributed by atoms with Crippen LogP contribution in [0.25, 0.3) is 0 Å². The lowest BCUT2D eigenvalue weighted by Crippen LogP contribution is -2.43. The number of nitrogens with one attached hydrogen (secondary N) is 1. The highest BCUT2D eigenvalue weighted by molar-refractivity contribution is 5.77. The minimum Gasteiger partial charge on any atom is -0.469 e. The number of esters is 2. The van der Waals surface area contributed by atoms with E-state index >= 15 is 0 Å². The molecule has 0 aromatic rings. The van der Waals surface area contributed by atoms with E-state index < -0.39 is 11.5 Å².